The molecule has 3 rings (SSSR count). The van der Waals surface area contributed by atoms with Crippen molar-refractivity contribution < 1.29 is 4.74 Å². The molecule has 0 saturated heterocycles. The first kappa shape index (κ1) is 17.1. The van der Waals surface area contributed by atoms with E-state index in [9.17, 15) is 0 Å². The fourth-order valence-corrected chi connectivity index (χ4v) is 3.28. The number of thioether (sulfide) groups is 1. The van der Waals surface area contributed by atoms with E-state index in [1.807, 2.05) is 30.3 Å². The first-order chi connectivity index (χ1) is 12.3. The van der Waals surface area contributed by atoms with Crippen LogP contribution >= 0.6 is 11.8 Å². The minimum Gasteiger partial charge on any atom is -0.383 e. The van der Waals surface area contributed by atoms with Crippen LogP contribution in [0.4, 0.5) is 0 Å². The number of methoxy groups -OCH3 is 1. The molecule has 0 aliphatic carbocycles. The third kappa shape index (κ3) is 4.24. The number of ether oxygens (including phenoxy) is 1. The Hall–Kier alpha value is -2.69. The van der Waals surface area contributed by atoms with Crippen molar-refractivity contribution in [3.8, 4) is 17.5 Å². The van der Waals surface area contributed by atoms with Gasteiger partial charge in [0.05, 0.1) is 24.8 Å². The summed E-state index contributed by atoms with van der Waals surface area (Å²) in [6, 6.07) is 13.6. The van der Waals surface area contributed by atoms with Gasteiger partial charge in [-0.3, -0.25) is 9.55 Å². The zero-order valence-corrected chi connectivity index (χ0v) is 14.6. The maximum Gasteiger partial charge on any atom is 0.191 e. The summed E-state index contributed by atoms with van der Waals surface area (Å²) in [6.07, 6.45) is 3.48. The van der Waals surface area contributed by atoms with Gasteiger partial charge in [-0.2, -0.15) is 5.26 Å². The highest BCUT2D eigenvalue weighted by Crippen LogP contribution is 2.26. The fourth-order valence-electron chi connectivity index (χ4n) is 2.37. The number of nitriles is 1. The molecule has 0 bridgehead atoms. The van der Waals surface area contributed by atoms with E-state index in [-0.39, 0.29) is 0 Å². The standard InChI is InChI=1S/C18H17N5OS/c1-24-10-9-23-17(16-5-7-20-8-6-16)21-22-18(23)25-13-15-4-2-3-14(11-15)12-19/h2-8,11H,9-10,13H2,1H3. The SMILES string of the molecule is COCCn1c(SCc2cccc(C#N)c2)nnc1-c1ccncc1. The number of aromatic nitrogens is 4. The Bertz CT molecular complexity index is 873. The van der Waals surface area contributed by atoms with Crippen molar-refractivity contribution in [1.82, 2.24) is 19.7 Å². The second-order valence-electron chi connectivity index (χ2n) is 5.29. The largest absolute Gasteiger partial charge is 0.383 e. The number of hydrogen-bond donors (Lipinski definition) is 0. The molecule has 2 heterocycles. The molecule has 0 saturated carbocycles. The average Bonchev–Trinajstić information content (AvgIpc) is 3.08. The van der Waals surface area contributed by atoms with E-state index in [0.717, 1.165) is 27.9 Å². The summed E-state index contributed by atoms with van der Waals surface area (Å²) in [5.74, 6) is 1.52. The van der Waals surface area contributed by atoms with Crippen LogP contribution in [0.5, 0.6) is 0 Å². The summed E-state index contributed by atoms with van der Waals surface area (Å²) >= 11 is 1.59. The van der Waals surface area contributed by atoms with Gasteiger partial charge in [-0.25, -0.2) is 0 Å². The monoisotopic (exact) mass is 351 g/mol. The van der Waals surface area contributed by atoms with E-state index in [1.165, 1.54) is 0 Å². The van der Waals surface area contributed by atoms with Gasteiger partial charge in [0.15, 0.2) is 11.0 Å². The maximum absolute atomic E-state index is 9.02. The Kier molecular flexibility index (Phi) is 5.77. The van der Waals surface area contributed by atoms with Gasteiger partial charge in [0, 0.05) is 30.8 Å². The Balaban J connectivity index is 1.83. The molecule has 7 heteroatoms. The smallest absolute Gasteiger partial charge is 0.191 e. The number of pyridine rings is 1. The third-order valence-corrected chi connectivity index (χ3v) is 4.64. The van der Waals surface area contributed by atoms with Crippen LogP contribution in [0.1, 0.15) is 11.1 Å². The second-order valence-corrected chi connectivity index (χ2v) is 6.23. The fraction of sp³-hybridized carbons (Fsp3) is 0.222. The zero-order valence-electron chi connectivity index (χ0n) is 13.8. The molecule has 0 radical (unpaired) electrons. The van der Waals surface area contributed by atoms with Crippen molar-refractivity contribution >= 4 is 11.8 Å². The lowest BCUT2D eigenvalue weighted by Gasteiger charge is -2.09. The molecule has 0 unspecified atom stereocenters. The summed E-state index contributed by atoms with van der Waals surface area (Å²) in [6.45, 7) is 1.25. The van der Waals surface area contributed by atoms with E-state index in [0.29, 0.717) is 18.7 Å². The topological polar surface area (TPSA) is 76.6 Å². The highest BCUT2D eigenvalue weighted by molar-refractivity contribution is 7.98. The molecule has 0 amide bonds. The molecule has 0 aliphatic heterocycles. The van der Waals surface area contributed by atoms with Crippen LogP contribution in [0.2, 0.25) is 0 Å². The quantitative estimate of drug-likeness (QED) is 0.609. The third-order valence-electron chi connectivity index (χ3n) is 3.60. The Morgan fingerprint density at radius 1 is 1.20 bits per heavy atom. The van der Waals surface area contributed by atoms with Crippen LogP contribution < -0.4 is 0 Å². The van der Waals surface area contributed by atoms with E-state index in [4.69, 9.17) is 10.00 Å². The minimum absolute atomic E-state index is 0.577. The summed E-state index contributed by atoms with van der Waals surface area (Å²) < 4.78 is 7.27. The van der Waals surface area contributed by atoms with Crippen LogP contribution in [0.15, 0.2) is 53.9 Å². The number of nitrogens with zero attached hydrogens (tertiary/aromatic N) is 5. The first-order valence-corrected chi connectivity index (χ1v) is 8.74. The lowest BCUT2D eigenvalue weighted by Crippen LogP contribution is -2.07. The molecule has 0 atom stereocenters. The lowest BCUT2D eigenvalue weighted by atomic mass is 10.2. The van der Waals surface area contributed by atoms with Gasteiger partial charge < -0.3 is 4.74 Å². The summed E-state index contributed by atoms with van der Waals surface area (Å²) in [4.78, 5) is 4.05. The molecule has 126 valence electrons. The number of benzene rings is 1. The van der Waals surface area contributed by atoms with Crippen LogP contribution in [-0.2, 0) is 17.0 Å². The number of rotatable bonds is 7. The van der Waals surface area contributed by atoms with Crippen LogP contribution in [0.3, 0.4) is 0 Å². The molecular weight excluding hydrogens is 334 g/mol. The van der Waals surface area contributed by atoms with Gasteiger partial charge in [-0.05, 0) is 29.8 Å². The van der Waals surface area contributed by atoms with Crippen molar-refractivity contribution in [3.05, 3.63) is 59.9 Å². The Morgan fingerprint density at radius 3 is 2.80 bits per heavy atom. The van der Waals surface area contributed by atoms with E-state index >= 15 is 0 Å². The van der Waals surface area contributed by atoms with E-state index in [2.05, 4.69) is 25.8 Å². The molecule has 2 aromatic heterocycles. The van der Waals surface area contributed by atoms with Crippen molar-refractivity contribution in [3.63, 3.8) is 0 Å². The maximum atomic E-state index is 9.02. The lowest BCUT2D eigenvalue weighted by molar-refractivity contribution is 0.185. The van der Waals surface area contributed by atoms with Crippen molar-refractivity contribution in [2.24, 2.45) is 0 Å². The van der Waals surface area contributed by atoms with Gasteiger partial charge in [-0.1, -0.05) is 23.9 Å². The van der Waals surface area contributed by atoms with Crippen LogP contribution in [0.25, 0.3) is 11.4 Å². The molecule has 1 aromatic carbocycles. The van der Waals surface area contributed by atoms with Gasteiger partial charge in [0.1, 0.15) is 0 Å². The van der Waals surface area contributed by atoms with E-state index < -0.39 is 0 Å². The molecular formula is C18H17N5OS. The van der Waals surface area contributed by atoms with Crippen LogP contribution in [0, 0.1) is 11.3 Å². The Morgan fingerprint density at radius 2 is 2.04 bits per heavy atom. The van der Waals surface area contributed by atoms with Gasteiger partial charge >= 0.3 is 0 Å². The summed E-state index contributed by atoms with van der Waals surface area (Å²) in [5.41, 5.74) is 2.71. The molecule has 25 heavy (non-hydrogen) atoms. The molecule has 0 fully saturated rings. The second kappa shape index (κ2) is 8.42. The predicted octanol–water partition coefficient (Wildman–Crippen LogP) is 3.15. The molecule has 0 aliphatic rings. The molecule has 0 spiro atoms. The highest BCUT2D eigenvalue weighted by atomic mass is 32.2. The van der Waals surface area contributed by atoms with Crippen LogP contribution in [-0.4, -0.2) is 33.5 Å². The van der Waals surface area contributed by atoms with Crippen molar-refractivity contribution in [2.75, 3.05) is 13.7 Å². The van der Waals surface area contributed by atoms with E-state index in [1.54, 1.807) is 37.3 Å². The first-order valence-electron chi connectivity index (χ1n) is 7.76. The average molecular weight is 351 g/mol. The van der Waals surface area contributed by atoms with Gasteiger partial charge in [0.2, 0.25) is 0 Å². The predicted molar refractivity (Wildman–Crippen MR) is 95.8 cm³/mol. The summed E-state index contributed by atoms with van der Waals surface area (Å²) in [5, 5.41) is 18.5. The van der Waals surface area contributed by atoms with Gasteiger partial charge in [-0.15, -0.1) is 10.2 Å². The van der Waals surface area contributed by atoms with Crippen molar-refractivity contribution in [1.29, 1.82) is 5.26 Å². The normalized spacial score (nSPS) is 10.6. The highest BCUT2D eigenvalue weighted by Gasteiger charge is 2.14. The molecule has 3 aromatic rings. The number of hydrogen-bond acceptors (Lipinski definition) is 6. The molecule has 0 N–H and O–H groups in total. The van der Waals surface area contributed by atoms with Crippen molar-refractivity contribution in [2.45, 2.75) is 17.5 Å². The van der Waals surface area contributed by atoms with Gasteiger partial charge in [0.25, 0.3) is 0 Å². The zero-order chi connectivity index (χ0) is 17.5. The summed E-state index contributed by atoms with van der Waals surface area (Å²) in [7, 11) is 1.68. The minimum atomic E-state index is 0.577. The molecule has 6 nitrogen and oxygen atoms in total. The Labute approximate surface area is 150 Å².